The third-order valence-corrected chi connectivity index (χ3v) is 5.05. The van der Waals surface area contributed by atoms with E-state index in [0.29, 0.717) is 13.0 Å². The fourth-order valence-electron chi connectivity index (χ4n) is 3.07. The predicted molar refractivity (Wildman–Crippen MR) is 91.6 cm³/mol. The third kappa shape index (κ3) is 4.41. The number of likely N-dealkylation sites (tertiary alicyclic amines) is 1. The summed E-state index contributed by atoms with van der Waals surface area (Å²) in [5.74, 6) is -1.10. The Morgan fingerprint density at radius 1 is 1.35 bits per heavy atom. The van der Waals surface area contributed by atoms with Gasteiger partial charge in [-0.25, -0.2) is 4.79 Å². The highest BCUT2D eigenvalue weighted by atomic mass is 32.2. The molecule has 1 aromatic carbocycles. The number of nitrogens with one attached hydrogen (secondary N) is 1. The third-order valence-electron chi connectivity index (χ3n) is 4.24. The highest BCUT2D eigenvalue weighted by Gasteiger charge is 2.32. The lowest BCUT2D eigenvalue weighted by molar-refractivity contribution is -0.143. The van der Waals surface area contributed by atoms with Crippen LogP contribution < -0.4 is 5.32 Å². The van der Waals surface area contributed by atoms with Gasteiger partial charge < -0.3 is 15.3 Å². The largest absolute Gasteiger partial charge is 0.481 e. The number of benzene rings is 1. The van der Waals surface area contributed by atoms with Gasteiger partial charge in [-0.3, -0.25) is 4.79 Å². The first-order valence-corrected chi connectivity index (χ1v) is 9.06. The van der Waals surface area contributed by atoms with Crippen LogP contribution in [0.15, 0.2) is 29.2 Å². The molecular weight excluding hydrogens is 312 g/mol. The van der Waals surface area contributed by atoms with E-state index in [0.717, 1.165) is 10.5 Å². The first-order chi connectivity index (χ1) is 10.9. The van der Waals surface area contributed by atoms with Crippen molar-refractivity contribution in [3.05, 3.63) is 29.8 Å². The Hall–Kier alpha value is -1.69. The zero-order chi connectivity index (χ0) is 17.0. The molecule has 2 rings (SSSR count). The number of carbonyl (C=O) groups is 2. The predicted octanol–water partition coefficient (Wildman–Crippen LogP) is 3.22. The highest BCUT2D eigenvalue weighted by Crippen LogP contribution is 2.26. The maximum absolute atomic E-state index is 12.5. The summed E-state index contributed by atoms with van der Waals surface area (Å²) in [7, 11) is 0. The molecule has 0 spiro atoms. The maximum Gasteiger partial charge on any atom is 0.317 e. The van der Waals surface area contributed by atoms with E-state index >= 15 is 0 Å². The Morgan fingerprint density at radius 2 is 2.04 bits per heavy atom. The van der Waals surface area contributed by atoms with Gasteiger partial charge in [-0.15, -0.1) is 11.8 Å². The fourth-order valence-corrected chi connectivity index (χ4v) is 3.77. The number of hydrogen-bond acceptors (Lipinski definition) is 3. The zero-order valence-electron chi connectivity index (χ0n) is 13.8. The van der Waals surface area contributed by atoms with Crippen LogP contribution in [-0.4, -0.2) is 41.4 Å². The van der Waals surface area contributed by atoms with Crippen molar-refractivity contribution in [1.82, 2.24) is 10.2 Å². The maximum atomic E-state index is 12.5. The molecule has 0 aliphatic carbocycles. The zero-order valence-corrected chi connectivity index (χ0v) is 14.6. The van der Waals surface area contributed by atoms with E-state index in [-0.39, 0.29) is 24.5 Å². The van der Waals surface area contributed by atoms with Crippen LogP contribution in [0.3, 0.4) is 0 Å². The fraction of sp³-hybridized carbons (Fsp3) is 0.529. The molecule has 2 unspecified atom stereocenters. The number of carboxylic acids is 1. The van der Waals surface area contributed by atoms with Crippen LogP contribution in [0.25, 0.3) is 0 Å². The summed E-state index contributed by atoms with van der Waals surface area (Å²) in [6.45, 7) is 4.83. The summed E-state index contributed by atoms with van der Waals surface area (Å²) in [5, 5.41) is 12.2. The van der Waals surface area contributed by atoms with Crippen molar-refractivity contribution >= 4 is 23.8 Å². The van der Waals surface area contributed by atoms with Crippen molar-refractivity contribution in [3.8, 4) is 0 Å². The average molecular weight is 336 g/mol. The second kappa shape index (κ2) is 7.73. The number of amides is 2. The number of urea groups is 1. The summed E-state index contributed by atoms with van der Waals surface area (Å²) in [4.78, 5) is 26.5. The molecule has 2 N–H and O–H groups in total. The number of thioether (sulfide) groups is 1. The van der Waals surface area contributed by atoms with Crippen LogP contribution >= 0.6 is 11.8 Å². The summed E-state index contributed by atoms with van der Waals surface area (Å²) < 4.78 is 0. The van der Waals surface area contributed by atoms with Gasteiger partial charge in [0, 0.05) is 18.0 Å². The second-order valence-electron chi connectivity index (χ2n) is 6.19. The van der Waals surface area contributed by atoms with Crippen molar-refractivity contribution in [2.75, 3.05) is 19.3 Å². The number of nitrogens with zero attached hydrogens (tertiary/aromatic N) is 1. The van der Waals surface area contributed by atoms with E-state index in [1.54, 1.807) is 16.7 Å². The van der Waals surface area contributed by atoms with Gasteiger partial charge in [0.25, 0.3) is 0 Å². The number of carboxylic acid groups (broad SMARTS) is 1. The van der Waals surface area contributed by atoms with Crippen LogP contribution in [-0.2, 0) is 4.79 Å². The van der Waals surface area contributed by atoms with E-state index in [1.165, 1.54) is 0 Å². The Balaban J connectivity index is 2.04. The molecule has 0 bridgehead atoms. The molecular formula is C17H24N2O3S. The van der Waals surface area contributed by atoms with Crippen molar-refractivity contribution in [1.29, 1.82) is 0 Å². The average Bonchev–Trinajstić information content (AvgIpc) is 2.53. The van der Waals surface area contributed by atoms with Gasteiger partial charge in [-0.2, -0.15) is 0 Å². The van der Waals surface area contributed by atoms with E-state index in [1.807, 2.05) is 44.4 Å². The molecule has 1 saturated heterocycles. The molecule has 0 aromatic heterocycles. The number of piperidine rings is 1. The van der Waals surface area contributed by atoms with Crippen LogP contribution in [0.4, 0.5) is 4.79 Å². The molecule has 6 heteroatoms. The molecule has 1 aliphatic rings. The van der Waals surface area contributed by atoms with E-state index < -0.39 is 11.9 Å². The minimum Gasteiger partial charge on any atom is -0.481 e. The van der Waals surface area contributed by atoms with Crippen LogP contribution in [0.2, 0.25) is 0 Å². The van der Waals surface area contributed by atoms with E-state index in [9.17, 15) is 14.7 Å². The van der Waals surface area contributed by atoms with Crippen molar-refractivity contribution in [2.45, 2.75) is 31.2 Å². The molecule has 2 amide bonds. The Bertz CT molecular complexity index is 579. The smallest absolute Gasteiger partial charge is 0.317 e. The van der Waals surface area contributed by atoms with Crippen molar-refractivity contribution < 1.29 is 14.7 Å². The van der Waals surface area contributed by atoms with Gasteiger partial charge in [0.1, 0.15) is 0 Å². The van der Waals surface area contributed by atoms with Gasteiger partial charge in [-0.05, 0) is 37.1 Å². The summed E-state index contributed by atoms with van der Waals surface area (Å²) in [6, 6.07) is 7.68. The number of rotatable bonds is 4. The van der Waals surface area contributed by atoms with Crippen LogP contribution in [0.1, 0.15) is 31.9 Å². The minimum atomic E-state index is -0.824. The number of aliphatic carboxylic acids is 1. The number of hydrogen-bond donors (Lipinski definition) is 2. The summed E-state index contributed by atoms with van der Waals surface area (Å²) in [6.07, 6.45) is 2.64. The Morgan fingerprint density at radius 3 is 2.70 bits per heavy atom. The van der Waals surface area contributed by atoms with E-state index in [4.69, 9.17) is 0 Å². The molecule has 0 saturated carbocycles. The molecule has 1 aromatic rings. The first kappa shape index (κ1) is 17.7. The van der Waals surface area contributed by atoms with Crippen LogP contribution in [0.5, 0.6) is 0 Å². The molecule has 3 atom stereocenters. The van der Waals surface area contributed by atoms with Gasteiger partial charge in [0.05, 0.1) is 12.0 Å². The first-order valence-electron chi connectivity index (χ1n) is 7.83. The molecule has 0 radical (unpaired) electrons. The topological polar surface area (TPSA) is 69.6 Å². The van der Waals surface area contributed by atoms with Crippen LogP contribution in [0, 0.1) is 11.8 Å². The lowest BCUT2D eigenvalue weighted by atomic mass is 9.91. The molecule has 1 fully saturated rings. The van der Waals surface area contributed by atoms with Crippen molar-refractivity contribution in [3.63, 3.8) is 0 Å². The number of carbonyl (C=O) groups excluding carboxylic acids is 1. The molecule has 1 heterocycles. The second-order valence-corrected chi connectivity index (χ2v) is 7.04. The normalized spacial score (nSPS) is 22.5. The Labute approximate surface area is 141 Å². The highest BCUT2D eigenvalue weighted by molar-refractivity contribution is 7.98. The molecule has 126 valence electrons. The monoisotopic (exact) mass is 336 g/mol. The van der Waals surface area contributed by atoms with Gasteiger partial charge in [0.2, 0.25) is 0 Å². The molecule has 1 aliphatic heterocycles. The van der Waals surface area contributed by atoms with Gasteiger partial charge >= 0.3 is 12.0 Å². The molecule has 23 heavy (non-hydrogen) atoms. The minimum absolute atomic E-state index is 0.119. The lowest BCUT2D eigenvalue weighted by Gasteiger charge is -2.35. The standard InChI is InChI=1S/C17H24N2O3S/c1-11-8-13(16(20)21)10-19(9-11)17(22)18-12(2)14-6-4-5-7-15(14)23-3/h4-7,11-13H,8-10H2,1-3H3,(H,18,22)(H,20,21)/t11?,12-,13?/m1/s1. The van der Waals surface area contributed by atoms with Gasteiger partial charge in [0.15, 0.2) is 0 Å². The summed E-state index contributed by atoms with van der Waals surface area (Å²) in [5.41, 5.74) is 1.08. The SMILES string of the molecule is CSc1ccccc1[C@@H](C)NC(=O)N1CC(C)CC(C(=O)O)C1. The van der Waals surface area contributed by atoms with Gasteiger partial charge in [-0.1, -0.05) is 25.1 Å². The summed E-state index contributed by atoms with van der Waals surface area (Å²) >= 11 is 1.65. The molecule has 5 nitrogen and oxygen atoms in total. The van der Waals surface area contributed by atoms with Crippen molar-refractivity contribution in [2.24, 2.45) is 11.8 Å². The Kier molecular flexibility index (Phi) is 5.93. The lowest BCUT2D eigenvalue weighted by Crippen LogP contribution is -2.49. The van der Waals surface area contributed by atoms with E-state index in [2.05, 4.69) is 5.32 Å². The quantitative estimate of drug-likeness (QED) is 0.828.